The van der Waals surface area contributed by atoms with Gasteiger partial charge in [0.2, 0.25) is 5.91 Å². The molecule has 1 heterocycles. The largest absolute Gasteiger partial charge is 0.507 e. The van der Waals surface area contributed by atoms with Crippen molar-refractivity contribution in [3.63, 3.8) is 0 Å². The topological polar surface area (TPSA) is 69.6 Å². The van der Waals surface area contributed by atoms with Crippen molar-refractivity contribution in [3.05, 3.63) is 29.8 Å². The molecule has 1 aliphatic rings. The lowest BCUT2D eigenvalue weighted by molar-refractivity contribution is -0.131. The molecule has 1 aromatic rings. The van der Waals surface area contributed by atoms with Gasteiger partial charge in [-0.25, -0.2) is 0 Å². The highest BCUT2D eigenvalue weighted by molar-refractivity contribution is 5.96. The molecule has 2 amide bonds. The number of nitrogens with one attached hydrogen (secondary N) is 1. The van der Waals surface area contributed by atoms with E-state index in [2.05, 4.69) is 5.32 Å². The van der Waals surface area contributed by atoms with Gasteiger partial charge in [-0.3, -0.25) is 9.59 Å². The van der Waals surface area contributed by atoms with Gasteiger partial charge in [0.15, 0.2) is 0 Å². The summed E-state index contributed by atoms with van der Waals surface area (Å²) in [5.41, 5.74) is 0.291. The van der Waals surface area contributed by atoms with E-state index >= 15 is 0 Å². The number of hydrogen-bond donors (Lipinski definition) is 2. The van der Waals surface area contributed by atoms with Crippen LogP contribution in [0.3, 0.4) is 0 Å². The monoisotopic (exact) mass is 276 g/mol. The van der Waals surface area contributed by atoms with Crippen LogP contribution in [0.15, 0.2) is 24.3 Å². The average Bonchev–Trinajstić information content (AvgIpc) is 2.47. The molecule has 0 unspecified atom stereocenters. The number of carbonyl (C=O) groups excluding carboxylic acids is 2. The summed E-state index contributed by atoms with van der Waals surface area (Å²) in [6, 6.07) is 6.55. The van der Waals surface area contributed by atoms with Gasteiger partial charge in [-0.1, -0.05) is 19.1 Å². The Labute approximate surface area is 118 Å². The second kappa shape index (κ2) is 6.41. The summed E-state index contributed by atoms with van der Waals surface area (Å²) in [6.07, 6.45) is 2.03. The van der Waals surface area contributed by atoms with Crippen LogP contribution >= 0.6 is 0 Å². The molecule has 0 aliphatic carbocycles. The van der Waals surface area contributed by atoms with Crippen LogP contribution in [0, 0.1) is 0 Å². The van der Waals surface area contributed by atoms with Gasteiger partial charge in [-0.2, -0.15) is 0 Å². The molecule has 1 saturated heterocycles. The third-order valence-corrected chi connectivity index (χ3v) is 3.63. The van der Waals surface area contributed by atoms with Crippen LogP contribution in [0.5, 0.6) is 5.75 Å². The molecule has 1 aromatic carbocycles. The maximum atomic E-state index is 12.1. The van der Waals surface area contributed by atoms with Crippen molar-refractivity contribution < 1.29 is 14.7 Å². The maximum absolute atomic E-state index is 12.1. The van der Waals surface area contributed by atoms with E-state index in [4.69, 9.17) is 0 Å². The first-order valence-corrected chi connectivity index (χ1v) is 6.98. The normalized spacial score (nSPS) is 15.9. The Hall–Kier alpha value is -2.04. The quantitative estimate of drug-likeness (QED) is 0.879. The number of amides is 2. The number of hydrogen-bond acceptors (Lipinski definition) is 3. The maximum Gasteiger partial charge on any atom is 0.255 e. The summed E-state index contributed by atoms with van der Waals surface area (Å²) in [6.45, 7) is 3.21. The summed E-state index contributed by atoms with van der Waals surface area (Å²) < 4.78 is 0. The zero-order chi connectivity index (χ0) is 14.5. The number of carbonyl (C=O) groups is 2. The van der Waals surface area contributed by atoms with Crippen LogP contribution in [0.25, 0.3) is 0 Å². The highest BCUT2D eigenvalue weighted by Crippen LogP contribution is 2.17. The predicted molar refractivity (Wildman–Crippen MR) is 75.5 cm³/mol. The molecule has 1 aliphatic heterocycles. The van der Waals surface area contributed by atoms with Gasteiger partial charge in [0.1, 0.15) is 5.75 Å². The predicted octanol–water partition coefficient (Wildman–Crippen LogP) is 1.52. The summed E-state index contributed by atoms with van der Waals surface area (Å²) in [7, 11) is 0. The van der Waals surface area contributed by atoms with E-state index in [0.717, 1.165) is 12.8 Å². The van der Waals surface area contributed by atoms with Gasteiger partial charge < -0.3 is 15.3 Å². The Bertz CT molecular complexity index is 494. The zero-order valence-corrected chi connectivity index (χ0v) is 11.6. The number of nitrogens with zero attached hydrogens (tertiary/aromatic N) is 1. The van der Waals surface area contributed by atoms with E-state index in [0.29, 0.717) is 25.1 Å². The Balaban J connectivity index is 1.88. The highest BCUT2D eigenvalue weighted by Gasteiger charge is 2.23. The summed E-state index contributed by atoms with van der Waals surface area (Å²) in [5, 5.41) is 12.6. The van der Waals surface area contributed by atoms with Crippen molar-refractivity contribution in [1.29, 1.82) is 0 Å². The van der Waals surface area contributed by atoms with Gasteiger partial charge in [0.05, 0.1) is 5.56 Å². The third kappa shape index (κ3) is 3.29. The van der Waals surface area contributed by atoms with Gasteiger partial charge in [0.25, 0.3) is 5.91 Å². The summed E-state index contributed by atoms with van der Waals surface area (Å²) >= 11 is 0. The number of phenolic OH excluding ortho intramolecular Hbond substituents is 1. The molecule has 2 rings (SSSR count). The number of aromatic hydroxyl groups is 1. The van der Waals surface area contributed by atoms with Crippen LogP contribution in [-0.4, -0.2) is 41.0 Å². The number of benzene rings is 1. The second-order valence-corrected chi connectivity index (χ2v) is 5.00. The second-order valence-electron chi connectivity index (χ2n) is 5.00. The first-order chi connectivity index (χ1) is 9.61. The molecule has 0 radical (unpaired) electrons. The highest BCUT2D eigenvalue weighted by atomic mass is 16.3. The van der Waals surface area contributed by atoms with E-state index in [1.165, 1.54) is 6.07 Å². The standard InChI is InChI=1S/C15H20N2O3/c1-2-14(19)17-9-7-11(8-10-17)16-15(20)12-5-3-4-6-13(12)18/h3-6,11,18H,2,7-10H2,1H3,(H,16,20). The molecule has 2 N–H and O–H groups in total. The van der Waals surface area contributed by atoms with Crippen LogP contribution in [0.1, 0.15) is 36.5 Å². The molecule has 0 atom stereocenters. The van der Waals surface area contributed by atoms with Crippen LogP contribution < -0.4 is 5.32 Å². The molecule has 0 aromatic heterocycles. The Morgan fingerprint density at radius 1 is 1.30 bits per heavy atom. The minimum atomic E-state index is -0.261. The molecule has 0 spiro atoms. The molecule has 0 bridgehead atoms. The van der Waals surface area contributed by atoms with Crippen LogP contribution in [0.4, 0.5) is 0 Å². The third-order valence-electron chi connectivity index (χ3n) is 3.63. The van der Waals surface area contributed by atoms with Gasteiger partial charge in [-0.05, 0) is 25.0 Å². The first-order valence-electron chi connectivity index (χ1n) is 6.98. The lowest BCUT2D eigenvalue weighted by atomic mass is 10.0. The molecule has 108 valence electrons. The fourth-order valence-corrected chi connectivity index (χ4v) is 2.43. The number of phenols is 1. The fraction of sp³-hybridized carbons (Fsp3) is 0.467. The summed E-state index contributed by atoms with van der Waals surface area (Å²) in [5.74, 6) is -0.109. The number of piperidine rings is 1. The van der Waals surface area contributed by atoms with Crippen molar-refractivity contribution in [1.82, 2.24) is 10.2 Å². The average molecular weight is 276 g/mol. The van der Waals surface area contributed by atoms with E-state index in [1.807, 2.05) is 11.8 Å². The van der Waals surface area contributed by atoms with Crippen molar-refractivity contribution in [2.24, 2.45) is 0 Å². The molecule has 5 heteroatoms. The molecular weight excluding hydrogens is 256 g/mol. The Morgan fingerprint density at radius 2 is 1.95 bits per heavy atom. The van der Waals surface area contributed by atoms with E-state index in [-0.39, 0.29) is 23.6 Å². The van der Waals surface area contributed by atoms with Gasteiger partial charge in [-0.15, -0.1) is 0 Å². The minimum Gasteiger partial charge on any atom is -0.507 e. The van der Waals surface area contributed by atoms with Crippen molar-refractivity contribution in [3.8, 4) is 5.75 Å². The number of rotatable bonds is 3. The molecule has 20 heavy (non-hydrogen) atoms. The number of likely N-dealkylation sites (tertiary alicyclic amines) is 1. The van der Waals surface area contributed by atoms with E-state index in [9.17, 15) is 14.7 Å². The summed E-state index contributed by atoms with van der Waals surface area (Å²) in [4.78, 5) is 25.5. The molecule has 1 fully saturated rings. The van der Waals surface area contributed by atoms with Gasteiger partial charge in [0, 0.05) is 25.6 Å². The molecular formula is C15H20N2O3. The van der Waals surface area contributed by atoms with Crippen LogP contribution in [0.2, 0.25) is 0 Å². The van der Waals surface area contributed by atoms with Crippen molar-refractivity contribution >= 4 is 11.8 Å². The first kappa shape index (κ1) is 14.4. The number of para-hydroxylation sites is 1. The van der Waals surface area contributed by atoms with E-state index < -0.39 is 0 Å². The smallest absolute Gasteiger partial charge is 0.255 e. The lowest BCUT2D eigenvalue weighted by Gasteiger charge is -2.32. The minimum absolute atomic E-state index is 0.0106. The fourth-order valence-electron chi connectivity index (χ4n) is 2.43. The van der Waals surface area contributed by atoms with Gasteiger partial charge >= 0.3 is 0 Å². The lowest BCUT2D eigenvalue weighted by Crippen LogP contribution is -2.46. The SMILES string of the molecule is CCC(=O)N1CCC(NC(=O)c2ccccc2O)CC1. The van der Waals surface area contributed by atoms with Crippen LogP contribution in [-0.2, 0) is 4.79 Å². The Kier molecular flexibility index (Phi) is 4.61. The molecule has 5 nitrogen and oxygen atoms in total. The van der Waals surface area contributed by atoms with Crippen molar-refractivity contribution in [2.75, 3.05) is 13.1 Å². The van der Waals surface area contributed by atoms with Crippen molar-refractivity contribution in [2.45, 2.75) is 32.2 Å². The Morgan fingerprint density at radius 3 is 2.55 bits per heavy atom. The zero-order valence-electron chi connectivity index (χ0n) is 11.6. The van der Waals surface area contributed by atoms with E-state index in [1.54, 1.807) is 18.2 Å². The molecule has 0 saturated carbocycles.